The second-order valence-corrected chi connectivity index (χ2v) is 20.2. The van der Waals surface area contributed by atoms with Gasteiger partial charge in [0.25, 0.3) is 0 Å². The zero-order valence-electron chi connectivity index (χ0n) is 47.4. The summed E-state index contributed by atoms with van der Waals surface area (Å²) in [5.41, 5.74) is 0. The Morgan fingerprint density at radius 2 is 0.542 bits per heavy atom. The average Bonchev–Trinajstić information content (AvgIpc) is 3.38. The minimum Gasteiger partial charge on any atom is -0.462 e. The highest BCUT2D eigenvalue weighted by Crippen LogP contribution is 2.16. The molecule has 0 bridgehead atoms. The fourth-order valence-electron chi connectivity index (χ4n) is 8.56. The molecule has 0 aromatic carbocycles. The van der Waals surface area contributed by atoms with E-state index < -0.39 is 6.10 Å². The standard InChI is InChI=1S/C66H114O6/c1-4-7-10-13-16-18-20-22-24-26-28-29-30-31-32-33-34-35-36-37-39-40-42-44-46-48-50-53-56-59-65(68)71-62-63(61-70-64(67)58-55-52-15-12-9-6-3)72-66(69)60-57-54-51-49-47-45-43-41-38-27-25-23-21-19-17-14-11-8-5-2/h7,10,16-19,22-25,28-29,31-32,63H,4-6,8-9,11-15,20-21,26-27,30,33-62H2,1-3H3/b10-7-,18-16-,19-17-,24-22-,25-23-,29-28-,32-31-. The van der Waals surface area contributed by atoms with Crippen LogP contribution >= 0.6 is 0 Å². The third kappa shape index (κ3) is 57.5. The molecule has 0 aliphatic carbocycles. The molecule has 0 amide bonds. The molecule has 0 radical (unpaired) electrons. The Morgan fingerprint density at radius 1 is 0.292 bits per heavy atom. The summed E-state index contributed by atoms with van der Waals surface area (Å²) in [6.45, 7) is 6.46. The quantitative estimate of drug-likeness (QED) is 0.0261. The van der Waals surface area contributed by atoms with E-state index in [0.717, 1.165) is 96.3 Å². The highest BCUT2D eigenvalue weighted by molar-refractivity contribution is 5.71. The Kier molecular flexibility index (Phi) is 57.3. The average molecular weight is 1000 g/mol. The maximum atomic E-state index is 12.8. The van der Waals surface area contributed by atoms with Crippen molar-refractivity contribution in [1.82, 2.24) is 0 Å². The molecule has 0 aliphatic rings. The second kappa shape index (κ2) is 60.1. The maximum absolute atomic E-state index is 12.8. The first kappa shape index (κ1) is 68.6. The Balaban J connectivity index is 4.08. The molecule has 0 spiro atoms. The number of ether oxygens (including phenoxy) is 3. The zero-order chi connectivity index (χ0) is 52.2. The van der Waals surface area contributed by atoms with Crippen molar-refractivity contribution in [1.29, 1.82) is 0 Å². The molecule has 0 saturated heterocycles. The van der Waals surface area contributed by atoms with E-state index in [1.54, 1.807) is 0 Å². The molecular weight excluding hydrogens is 889 g/mol. The SMILES string of the molecule is CC/C=C\C/C=C\C/C=C\C/C=C\C/C=C\CCCCCCCCCCCCCCCC(=O)OCC(COC(=O)CCCCCCCC)OC(=O)CCCCCCCCCCC/C=C\C/C=C\CCCCC. The Morgan fingerprint density at radius 3 is 0.875 bits per heavy atom. The van der Waals surface area contributed by atoms with E-state index in [4.69, 9.17) is 14.2 Å². The van der Waals surface area contributed by atoms with Crippen LogP contribution in [0.5, 0.6) is 0 Å². The third-order valence-electron chi connectivity index (χ3n) is 13.1. The molecule has 0 aliphatic heterocycles. The summed E-state index contributed by atoms with van der Waals surface area (Å²) in [5.74, 6) is -0.883. The topological polar surface area (TPSA) is 78.9 Å². The van der Waals surface area contributed by atoms with Crippen LogP contribution in [0.15, 0.2) is 85.1 Å². The molecule has 1 unspecified atom stereocenters. The molecule has 72 heavy (non-hydrogen) atoms. The Hall–Kier alpha value is -3.41. The molecule has 0 aromatic rings. The normalized spacial score (nSPS) is 12.7. The van der Waals surface area contributed by atoms with E-state index in [9.17, 15) is 14.4 Å². The van der Waals surface area contributed by atoms with Crippen molar-refractivity contribution in [3.05, 3.63) is 85.1 Å². The number of esters is 3. The van der Waals surface area contributed by atoms with Crippen molar-refractivity contribution in [2.45, 2.75) is 303 Å². The fraction of sp³-hybridized carbons (Fsp3) is 0.742. The number of unbranched alkanes of at least 4 members (excludes halogenated alkanes) is 30. The summed E-state index contributed by atoms with van der Waals surface area (Å²) in [7, 11) is 0. The van der Waals surface area contributed by atoms with E-state index in [1.165, 1.54) is 161 Å². The molecule has 6 nitrogen and oxygen atoms in total. The summed E-state index contributed by atoms with van der Waals surface area (Å²) in [6.07, 6.45) is 79.0. The lowest BCUT2D eigenvalue weighted by atomic mass is 10.0. The van der Waals surface area contributed by atoms with E-state index in [2.05, 4.69) is 106 Å². The third-order valence-corrected chi connectivity index (χ3v) is 13.1. The molecule has 414 valence electrons. The van der Waals surface area contributed by atoms with Crippen LogP contribution < -0.4 is 0 Å². The van der Waals surface area contributed by atoms with Crippen LogP contribution in [0.25, 0.3) is 0 Å². The van der Waals surface area contributed by atoms with Gasteiger partial charge in [-0.05, 0) is 96.3 Å². The monoisotopic (exact) mass is 1000 g/mol. The van der Waals surface area contributed by atoms with E-state index >= 15 is 0 Å². The van der Waals surface area contributed by atoms with Gasteiger partial charge >= 0.3 is 17.9 Å². The van der Waals surface area contributed by atoms with Crippen LogP contribution in [0.1, 0.15) is 297 Å². The lowest BCUT2D eigenvalue weighted by Gasteiger charge is -2.18. The van der Waals surface area contributed by atoms with E-state index in [1.807, 2.05) is 0 Å². The number of hydrogen-bond donors (Lipinski definition) is 0. The van der Waals surface area contributed by atoms with Gasteiger partial charge in [-0.1, -0.05) is 266 Å². The fourth-order valence-corrected chi connectivity index (χ4v) is 8.56. The van der Waals surface area contributed by atoms with Crippen molar-refractivity contribution in [2.75, 3.05) is 13.2 Å². The summed E-state index contributed by atoms with van der Waals surface area (Å²) >= 11 is 0. The molecule has 0 N–H and O–H groups in total. The van der Waals surface area contributed by atoms with Crippen LogP contribution in [0.4, 0.5) is 0 Å². The lowest BCUT2D eigenvalue weighted by Crippen LogP contribution is -2.30. The first-order chi connectivity index (χ1) is 35.5. The van der Waals surface area contributed by atoms with Gasteiger partial charge in [0.05, 0.1) is 0 Å². The van der Waals surface area contributed by atoms with Crippen LogP contribution in [0.3, 0.4) is 0 Å². The van der Waals surface area contributed by atoms with Crippen molar-refractivity contribution in [2.24, 2.45) is 0 Å². The summed E-state index contributed by atoms with van der Waals surface area (Å²) < 4.78 is 16.8. The van der Waals surface area contributed by atoms with Crippen LogP contribution in [-0.2, 0) is 28.6 Å². The molecule has 0 aromatic heterocycles. The Labute approximate surface area is 445 Å². The summed E-state index contributed by atoms with van der Waals surface area (Å²) in [5, 5.41) is 0. The van der Waals surface area contributed by atoms with Gasteiger partial charge in [-0.15, -0.1) is 0 Å². The highest BCUT2D eigenvalue weighted by atomic mass is 16.6. The van der Waals surface area contributed by atoms with Crippen LogP contribution in [-0.4, -0.2) is 37.2 Å². The first-order valence-corrected chi connectivity index (χ1v) is 30.6. The number of rotatable bonds is 55. The van der Waals surface area contributed by atoms with Gasteiger partial charge in [0, 0.05) is 19.3 Å². The van der Waals surface area contributed by atoms with Gasteiger partial charge in [-0.3, -0.25) is 14.4 Å². The number of hydrogen-bond acceptors (Lipinski definition) is 6. The maximum Gasteiger partial charge on any atom is 0.306 e. The molecule has 1 atom stereocenters. The van der Waals surface area contributed by atoms with Gasteiger partial charge in [0.2, 0.25) is 0 Å². The summed E-state index contributed by atoms with van der Waals surface area (Å²) in [4.78, 5) is 38.0. The predicted octanol–water partition coefficient (Wildman–Crippen LogP) is 20.7. The number of carbonyl (C=O) groups is 3. The molecule has 0 heterocycles. The van der Waals surface area contributed by atoms with Crippen molar-refractivity contribution >= 4 is 17.9 Å². The Bertz CT molecular complexity index is 1380. The molecule has 6 heteroatoms. The summed E-state index contributed by atoms with van der Waals surface area (Å²) in [6, 6.07) is 0. The molecule has 0 saturated carbocycles. The minimum atomic E-state index is -0.775. The van der Waals surface area contributed by atoms with Crippen molar-refractivity contribution in [3.8, 4) is 0 Å². The first-order valence-electron chi connectivity index (χ1n) is 30.6. The van der Waals surface area contributed by atoms with Crippen molar-refractivity contribution in [3.63, 3.8) is 0 Å². The smallest absolute Gasteiger partial charge is 0.306 e. The van der Waals surface area contributed by atoms with Crippen molar-refractivity contribution < 1.29 is 28.6 Å². The number of allylic oxidation sites excluding steroid dienone is 14. The van der Waals surface area contributed by atoms with E-state index in [0.29, 0.717) is 19.3 Å². The van der Waals surface area contributed by atoms with E-state index in [-0.39, 0.29) is 31.1 Å². The predicted molar refractivity (Wildman–Crippen MR) is 311 cm³/mol. The van der Waals surface area contributed by atoms with Gasteiger partial charge in [-0.2, -0.15) is 0 Å². The highest BCUT2D eigenvalue weighted by Gasteiger charge is 2.19. The molecule has 0 rings (SSSR count). The van der Waals surface area contributed by atoms with Crippen LogP contribution in [0.2, 0.25) is 0 Å². The minimum absolute atomic E-state index is 0.0764. The zero-order valence-corrected chi connectivity index (χ0v) is 47.4. The molecule has 0 fully saturated rings. The van der Waals surface area contributed by atoms with Gasteiger partial charge in [0.15, 0.2) is 6.10 Å². The van der Waals surface area contributed by atoms with Gasteiger partial charge in [-0.25, -0.2) is 0 Å². The van der Waals surface area contributed by atoms with Gasteiger partial charge in [0.1, 0.15) is 13.2 Å². The van der Waals surface area contributed by atoms with Gasteiger partial charge < -0.3 is 14.2 Å². The second-order valence-electron chi connectivity index (χ2n) is 20.2. The largest absolute Gasteiger partial charge is 0.462 e. The van der Waals surface area contributed by atoms with Crippen LogP contribution in [0, 0.1) is 0 Å². The lowest BCUT2D eigenvalue weighted by molar-refractivity contribution is -0.167. The molecular formula is C66H114O6. The number of carbonyl (C=O) groups excluding carboxylic acids is 3.